The minimum Gasteiger partial charge on any atom is -0.394 e. The number of nitrogens with one attached hydrogen (secondary N) is 2. The van der Waals surface area contributed by atoms with Gasteiger partial charge < -0.3 is 15.3 Å². The average molecular weight is 494 g/mol. The van der Waals surface area contributed by atoms with Crippen LogP contribution in [-0.4, -0.2) is 50.8 Å². The van der Waals surface area contributed by atoms with Gasteiger partial charge in [-0.25, -0.2) is 9.97 Å². The molecule has 3 N–H and O–H groups in total. The molecule has 0 saturated heterocycles. The maximum absolute atomic E-state index is 13.1. The van der Waals surface area contributed by atoms with Crippen LogP contribution in [0, 0.1) is 6.92 Å². The van der Waals surface area contributed by atoms with Gasteiger partial charge in [0.05, 0.1) is 29.6 Å². The van der Waals surface area contributed by atoms with Crippen molar-refractivity contribution in [2.45, 2.75) is 26.4 Å². The van der Waals surface area contributed by atoms with Gasteiger partial charge in [0.2, 0.25) is 17.8 Å². The second kappa shape index (κ2) is 10.2. The third-order valence-corrected chi connectivity index (χ3v) is 5.87. The molecule has 2 aromatic carbocycles. The number of aromatic nitrogens is 2. The summed E-state index contributed by atoms with van der Waals surface area (Å²) in [5, 5.41) is 15.3. The highest BCUT2D eigenvalue weighted by atomic mass is 35.5. The normalized spacial score (nSPS) is 13.4. The van der Waals surface area contributed by atoms with E-state index in [1.807, 2.05) is 31.2 Å². The van der Waals surface area contributed by atoms with Crippen molar-refractivity contribution in [1.29, 1.82) is 0 Å². The fourth-order valence-corrected chi connectivity index (χ4v) is 4.16. The maximum atomic E-state index is 13.1. The molecule has 0 bridgehead atoms. The number of hydrogen-bond acceptors (Lipinski definition) is 6. The Morgan fingerprint density at radius 1 is 1.23 bits per heavy atom. The molecule has 3 amide bonds. The monoisotopic (exact) mass is 493 g/mol. The van der Waals surface area contributed by atoms with Gasteiger partial charge in [-0.2, -0.15) is 0 Å². The number of aliphatic hydroxyl groups excluding tert-OH is 1. The van der Waals surface area contributed by atoms with Crippen LogP contribution >= 0.6 is 11.6 Å². The van der Waals surface area contributed by atoms with Crippen LogP contribution in [0.5, 0.6) is 0 Å². The van der Waals surface area contributed by atoms with Gasteiger partial charge in [-0.05, 0) is 24.1 Å². The number of amides is 3. The number of nitrogens with zero attached hydrogens (tertiary/aromatic N) is 3. The fraction of sp³-hybridized carbons (Fsp3) is 0.240. The number of rotatable bonds is 7. The lowest BCUT2D eigenvalue weighted by Gasteiger charge is -2.20. The summed E-state index contributed by atoms with van der Waals surface area (Å²) in [5.74, 6) is -0.873. The summed E-state index contributed by atoms with van der Waals surface area (Å²) in [6.45, 7) is 3.16. The standard InChI is InChI=1S/C25H24ClN5O4/c1-14-4-3-5-16(8-14)21(13-32)29-22(34)12-31-11-18-7-6-17(9-19(18)24(31)35)23-20(26)10-27-25(30-23)28-15(2)33/h3-10,21,32H,11-13H2,1-2H3,(H,29,34)(H,27,28,30,33). The van der Waals surface area contributed by atoms with E-state index in [-0.39, 0.29) is 48.4 Å². The van der Waals surface area contributed by atoms with Crippen LogP contribution in [0.15, 0.2) is 48.7 Å². The number of aliphatic hydroxyl groups is 1. The molecule has 4 rings (SSSR count). The molecule has 3 aromatic rings. The summed E-state index contributed by atoms with van der Waals surface area (Å²) in [7, 11) is 0. The molecular formula is C25H24ClN5O4. The number of aryl methyl sites for hydroxylation is 1. The van der Waals surface area contributed by atoms with Gasteiger partial charge in [-0.15, -0.1) is 0 Å². The second-order valence-electron chi connectivity index (χ2n) is 8.32. The molecule has 1 aliphatic heterocycles. The molecule has 35 heavy (non-hydrogen) atoms. The first-order valence-electron chi connectivity index (χ1n) is 10.9. The van der Waals surface area contributed by atoms with Crippen molar-refractivity contribution in [2.24, 2.45) is 0 Å². The molecule has 0 saturated carbocycles. The summed E-state index contributed by atoms with van der Waals surface area (Å²) >= 11 is 6.27. The zero-order valence-corrected chi connectivity index (χ0v) is 20.0. The van der Waals surface area contributed by atoms with Crippen molar-refractivity contribution in [3.05, 3.63) is 75.9 Å². The van der Waals surface area contributed by atoms with Crippen molar-refractivity contribution in [1.82, 2.24) is 20.2 Å². The van der Waals surface area contributed by atoms with Crippen molar-refractivity contribution < 1.29 is 19.5 Å². The molecule has 180 valence electrons. The van der Waals surface area contributed by atoms with Gasteiger partial charge in [0.25, 0.3) is 5.91 Å². The quantitative estimate of drug-likeness (QED) is 0.465. The van der Waals surface area contributed by atoms with E-state index in [0.29, 0.717) is 16.8 Å². The van der Waals surface area contributed by atoms with Gasteiger partial charge in [0, 0.05) is 24.6 Å². The Labute approximate surface area is 207 Å². The van der Waals surface area contributed by atoms with E-state index in [0.717, 1.165) is 16.7 Å². The van der Waals surface area contributed by atoms with Crippen molar-refractivity contribution in [3.63, 3.8) is 0 Å². The largest absolute Gasteiger partial charge is 0.394 e. The lowest BCUT2D eigenvalue weighted by Crippen LogP contribution is -2.40. The molecule has 1 aliphatic rings. The predicted octanol–water partition coefficient (Wildman–Crippen LogP) is 2.87. The number of halogens is 1. The van der Waals surface area contributed by atoms with E-state index in [1.165, 1.54) is 18.0 Å². The summed E-state index contributed by atoms with van der Waals surface area (Å²) < 4.78 is 0. The third-order valence-electron chi connectivity index (χ3n) is 5.59. The summed E-state index contributed by atoms with van der Waals surface area (Å²) in [6.07, 6.45) is 1.38. The highest BCUT2D eigenvalue weighted by Gasteiger charge is 2.30. The molecule has 0 aliphatic carbocycles. The Morgan fingerprint density at radius 3 is 2.74 bits per heavy atom. The Bertz CT molecular complexity index is 1310. The smallest absolute Gasteiger partial charge is 0.254 e. The number of hydrogen-bond donors (Lipinski definition) is 3. The molecule has 0 spiro atoms. The van der Waals surface area contributed by atoms with Crippen LogP contribution < -0.4 is 10.6 Å². The van der Waals surface area contributed by atoms with Gasteiger partial charge in [-0.1, -0.05) is 53.6 Å². The van der Waals surface area contributed by atoms with E-state index in [4.69, 9.17) is 11.6 Å². The van der Waals surface area contributed by atoms with Crippen molar-refractivity contribution >= 4 is 35.3 Å². The average Bonchev–Trinajstić information content (AvgIpc) is 3.12. The molecule has 0 fully saturated rings. The van der Waals surface area contributed by atoms with Gasteiger partial charge in [0.1, 0.15) is 6.54 Å². The minimum atomic E-state index is -0.563. The third kappa shape index (κ3) is 5.47. The van der Waals surface area contributed by atoms with Crippen LogP contribution in [-0.2, 0) is 16.1 Å². The molecule has 2 heterocycles. The SMILES string of the molecule is CC(=O)Nc1ncc(Cl)c(-c2ccc3c(c2)C(=O)N(CC(=O)NC(CO)c2cccc(C)c2)C3)n1. The van der Waals surface area contributed by atoms with E-state index < -0.39 is 6.04 Å². The zero-order chi connectivity index (χ0) is 25.1. The minimum absolute atomic E-state index is 0.106. The molecule has 1 aromatic heterocycles. The summed E-state index contributed by atoms with van der Waals surface area (Å²) in [5.41, 5.74) is 3.99. The molecule has 1 unspecified atom stereocenters. The van der Waals surface area contributed by atoms with Crippen LogP contribution in [0.3, 0.4) is 0 Å². The van der Waals surface area contributed by atoms with E-state index >= 15 is 0 Å². The first kappa shape index (κ1) is 24.3. The number of benzene rings is 2. The lowest BCUT2D eigenvalue weighted by atomic mass is 10.0. The van der Waals surface area contributed by atoms with Crippen LogP contribution in [0.25, 0.3) is 11.3 Å². The second-order valence-corrected chi connectivity index (χ2v) is 8.73. The van der Waals surface area contributed by atoms with Crippen LogP contribution in [0.2, 0.25) is 5.02 Å². The predicted molar refractivity (Wildman–Crippen MR) is 131 cm³/mol. The molecule has 1 atom stereocenters. The van der Waals surface area contributed by atoms with Gasteiger partial charge in [0.15, 0.2) is 0 Å². The fourth-order valence-electron chi connectivity index (χ4n) is 3.96. The Hall–Kier alpha value is -3.82. The number of anilines is 1. The Morgan fingerprint density at radius 2 is 2.03 bits per heavy atom. The zero-order valence-electron chi connectivity index (χ0n) is 19.2. The first-order chi connectivity index (χ1) is 16.7. The molecule has 9 nitrogen and oxygen atoms in total. The van der Waals surface area contributed by atoms with Crippen molar-refractivity contribution in [2.75, 3.05) is 18.5 Å². The molecular weight excluding hydrogens is 470 g/mol. The molecule has 0 radical (unpaired) electrons. The summed E-state index contributed by atoms with van der Waals surface area (Å²) in [6, 6.07) is 12.2. The van der Waals surface area contributed by atoms with E-state index in [2.05, 4.69) is 20.6 Å². The van der Waals surface area contributed by atoms with Crippen LogP contribution in [0.4, 0.5) is 5.95 Å². The summed E-state index contributed by atoms with van der Waals surface area (Å²) in [4.78, 5) is 46.8. The number of carbonyl (C=O) groups is 3. The van der Waals surface area contributed by atoms with Crippen LogP contribution in [0.1, 0.15) is 40.0 Å². The van der Waals surface area contributed by atoms with Gasteiger partial charge >= 0.3 is 0 Å². The van der Waals surface area contributed by atoms with E-state index in [1.54, 1.807) is 18.2 Å². The molecule has 10 heteroatoms. The topological polar surface area (TPSA) is 125 Å². The lowest BCUT2D eigenvalue weighted by molar-refractivity contribution is -0.123. The highest BCUT2D eigenvalue weighted by Crippen LogP contribution is 2.31. The Balaban J connectivity index is 1.48. The van der Waals surface area contributed by atoms with Gasteiger partial charge in [-0.3, -0.25) is 19.7 Å². The van der Waals surface area contributed by atoms with Crippen molar-refractivity contribution in [3.8, 4) is 11.3 Å². The van der Waals surface area contributed by atoms with E-state index in [9.17, 15) is 19.5 Å². The number of carbonyl (C=O) groups excluding carboxylic acids is 3. The Kier molecular flexibility index (Phi) is 7.09. The number of fused-ring (bicyclic) bond motifs is 1. The highest BCUT2D eigenvalue weighted by molar-refractivity contribution is 6.33. The maximum Gasteiger partial charge on any atom is 0.254 e. The first-order valence-corrected chi connectivity index (χ1v) is 11.3.